The molecule has 0 saturated heterocycles. The van der Waals surface area contributed by atoms with E-state index in [9.17, 15) is 13.2 Å². The van der Waals surface area contributed by atoms with Crippen LogP contribution in [-0.2, 0) is 0 Å². The van der Waals surface area contributed by atoms with Crippen LogP contribution >= 0.6 is 12.6 Å². The molecule has 2 rings (SSSR count). The van der Waals surface area contributed by atoms with Gasteiger partial charge >= 0.3 is 6.18 Å². The summed E-state index contributed by atoms with van der Waals surface area (Å²) in [4.78, 5) is 0. The van der Waals surface area contributed by atoms with E-state index in [-0.39, 0.29) is 5.56 Å². The van der Waals surface area contributed by atoms with Crippen molar-refractivity contribution in [2.24, 2.45) is 0 Å². The molecule has 83 valence electrons. The molecule has 16 heavy (non-hydrogen) atoms. The summed E-state index contributed by atoms with van der Waals surface area (Å²) in [6.45, 7) is 0. The van der Waals surface area contributed by atoms with Crippen LogP contribution < -0.4 is 0 Å². The molecule has 2 aromatic carbocycles. The van der Waals surface area contributed by atoms with E-state index in [4.69, 9.17) is 0 Å². The molecule has 0 bridgehead atoms. The van der Waals surface area contributed by atoms with Gasteiger partial charge in [0.1, 0.15) is 5.25 Å². The van der Waals surface area contributed by atoms with E-state index < -0.39 is 11.4 Å². The Labute approximate surface area is 96.5 Å². The third kappa shape index (κ3) is 2.02. The summed E-state index contributed by atoms with van der Waals surface area (Å²) in [5.41, 5.74) is 0.153. The first-order chi connectivity index (χ1) is 7.50. The van der Waals surface area contributed by atoms with Gasteiger partial charge in [-0.3, -0.25) is 0 Å². The van der Waals surface area contributed by atoms with E-state index >= 15 is 0 Å². The molecule has 0 aliphatic carbocycles. The van der Waals surface area contributed by atoms with Crippen LogP contribution in [0.1, 0.15) is 10.8 Å². The van der Waals surface area contributed by atoms with Crippen molar-refractivity contribution in [2.45, 2.75) is 11.4 Å². The van der Waals surface area contributed by atoms with Gasteiger partial charge in [-0.1, -0.05) is 55.1 Å². The fourth-order valence-corrected chi connectivity index (χ4v) is 1.86. The summed E-state index contributed by atoms with van der Waals surface area (Å²) < 4.78 is 37.7. The fourth-order valence-electron chi connectivity index (χ4n) is 1.66. The zero-order valence-corrected chi connectivity index (χ0v) is 8.98. The van der Waals surface area contributed by atoms with Crippen molar-refractivity contribution in [3.63, 3.8) is 0 Å². The van der Waals surface area contributed by atoms with Gasteiger partial charge in [-0.15, -0.1) is 0 Å². The van der Waals surface area contributed by atoms with E-state index in [2.05, 4.69) is 12.6 Å². The van der Waals surface area contributed by atoms with E-state index in [0.29, 0.717) is 5.39 Å². The van der Waals surface area contributed by atoms with Crippen molar-refractivity contribution in [1.29, 1.82) is 0 Å². The molecule has 4 heteroatoms. The Hall–Kier alpha value is -1.16. The molecule has 0 fully saturated rings. The first-order valence-electron chi connectivity index (χ1n) is 4.70. The van der Waals surface area contributed by atoms with Crippen molar-refractivity contribution in [2.75, 3.05) is 0 Å². The van der Waals surface area contributed by atoms with Crippen LogP contribution in [0.4, 0.5) is 13.2 Å². The molecule has 0 heterocycles. The standard InChI is InChI=1S/C12H8F3S/c13-12(14,15)11(16)10-7-3-5-8-4-1-2-6-9(8)10/h1-7,11H. The average Bonchev–Trinajstić information content (AvgIpc) is 2.26. The van der Waals surface area contributed by atoms with Crippen molar-refractivity contribution >= 4 is 23.4 Å². The molecular formula is C12H8F3S. The SMILES string of the molecule is FC(F)(F)C([S])c1cccc2ccccc12. The number of hydrogen-bond acceptors (Lipinski definition) is 0. The first-order valence-corrected chi connectivity index (χ1v) is 5.17. The molecule has 1 atom stereocenters. The monoisotopic (exact) mass is 241 g/mol. The highest BCUT2D eigenvalue weighted by molar-refractivity contribution is 7.80. The Balaban J connectivity index is 2.61. The van der Waals surface area contributed by atoms with E-state index in [0.717, 1.165) is 5.39 Å². The highest BCUT2D eigenvalue weighted by Crippen LogP contribution is 2.40. The van der Waals surface area contributed by atoms with Crippen LogP contribution in [-0.4, -0.2) is 6.18 Å². The third-order valence-electron chi connectivity index (χ3n) is 2.40. The minimum absolute atomic E-state index is 0.153. The highest BCUT2D eigenvalue weighted by atomic mass is 32.1. The molecular weight excluding hydrogens is 233 g/mol. The van der Waals surface area contributed by atoms with Gasteiger partial charge in [0.25, 0.3) is 0 Å². The van der Waals surface area contributed by atoms with Gasteiger partial charge in [0.2, 0.25) is 0 Å². The second-order valence-electron chi connectivity index (χ2n) is 3.49. The Morgan fingerprint density at radius 2 is 1.56 bits per heavy atom. The molecule has 0 nitrogen and oxygen atoms in total. The number of fused-ring (bicyclic) bond motifs is 1. The minimum Gasteiger partial charge on any atom is -0.169 e. The van der Waals surface area contributed by atoms with Gasteiger partial charge in [-0.2, -0.15) is 13.2 Å². The molecule has 0 N–H and O–H groups in total. The zero-order valence-electron chi connectivity index (χ0n) is 8.16. The maximum Gasteiger partial charge on any atom is 0.405 e. The number of benzene rings is 2. The van der Waals surface area contributed by atoms with Crippen LogP contribution in [0.5, 0.6) is 0 Å². The summed E-state index contributed by atoms with van der Waals surface area (Å²) in [5.74, 6) is 0. The summed E-state index contributed by atoms with van der Waals surface area (Å²) in [7, 11) is 0. The topological polar surface area (TPSA) is 0 Å². The number of alkyl halides is 3. The molecule has 0 aliphatic rings. The summed E-state index contributed by atoms with van der Waals surface area (Å²) in [6.07, 6.45) is -4.38. The quantitative estimate of drug-likeness (QED) is 0.682. The predicted octanol–water partition coefficient (Wildman–Crippen LogP) is 4.64. The van der Waals surface area contributed by atoms with Gasteiger partial charge in [0.05, 0.1) is 0 Å². The Morgan fingerprint density at radius 3 is 2.25 bits per heavy atom. The second kappa shape index (κ2) is 4.01. The van der Waals surface area contributed by atoms with Crippen LogP contribution in [0.3, 0.4) is 0 Å². The lowest BCUT2D eigenvalue weighted by molar-refractivity contribution is -0.129. The van der Waals surface area contributed by atoms with Gasteiger partial charge < -0.3 is 0 Å². The molecule has 2 aromatic rings. The fraction of sp³-hybridized carbons (Fsp3) is 0.167. The summed E-state index contributed by atoms with van der Waals surface area (Å²) in [5, 5.41) is -0.500. The van der Waals surface area contributed by atoms with Crippen molar-refractivity contribution in [3.8, 4) is 0 Å². The van der Waals surface area contributed by atoms with Crippen molar-refractivity contribution in [1.82, 2.24) is 0 Å². The third-order valence-corrected chi connectivity index (χ3v) is 2.92. The zero-order chi connectivity index (χ0) is 11.8. The predicted molar refractivity (Wildman–Crippen MR) is 60.3 cm³/mol. The van der Waals surface area contributed by atoms with Crippen molar-refractivity contribution < 1.29 is 13.2 Å². The van der Waals surface area contributed by atoms with Crippen LogP contribution in [0.25, 0.3) is 10.8 Å². The second-order valence-corrected chi connectivity index (χ2v) is 3.96. The molecule has 1 unspecified atom stereocenters. The van der Waals surface area contributed by atoms with Gasteiger partial charge in [0.15, 0.2) is 0 Å². The van der Waals surface area contributed by atoms with Crippen molar-refractivity contribution in [3.05, 3.63) is 48.0 Å². The maximum absolute atomic E-state index is 12.6. The van der Waals surface area contributed by atoms with Crippen LogP contribution in [0, 0.1) is 0 Å². The molecule has 0 saturated carbocycles. The van der Waals surface area contributed by atoms with Gasteiger partial charge in [0, 0.05) is 0 Å². The molecule has 0 aliphatic heterocycles. The van der Waals surface area contributed by atoms with E-state index in [1.165, 1.54) is 6.07 Å². The van der Waals surface area contributed by atoms with E-state index in [1.807, 2.05) is 0 Å². The van der Waals surface area contributed by atoms with Gasteiger partial charge in [-0.05, 0) is 16.3 Å². The van der Waals surface area contributed by atoms with Crippen LogP contribution in [0.2, 0.25) is 0 Å². The average molecular weight is 241 g/mol. The lowest BCUT2D eigenvalue weighted by Crippen LogP contribution is -2.15. The largest absolute Gasteiger partial charge is 0.405 e. The number of halogens is 3. The van der Waals surface area contributed by atoms with Gasteiger partial charge in [-0.25, -0.2) is 0 Å². The molecule has 0 amide bonds. The Bertz CT molecular complexity index is 500. The Morgan fingerprint density at radius 1 is 0.938 bits per heavy atom. The molecule has 1 radical (unpaired) electrons. The number of hydrogen-bond donors (Lipinski definition) is 0. The normalized spacial score (nSPS) is 14.0. The number of rotatable bonds is 1. The summed E-state index contributed by atoms with van der Waals surface area (Å²) >= 11 is 4.54. The van der Waals surface area contributed by atoms with Crippen LogP contribution in [0.15, 0.2) is 42.5 Å². The first kappa shape index (κ1) is 11.3. The minimum atomic E-state index is -4.38. The Kier molecular flexibility index (Phi) is 2.84. The lowest BCUT2D eigenvalue weighted by Gasteiger charge is -2.16. The maximum atomic E-state index is 12.6. The highest BCUT2D eigenvalue weighted by Gasteiger charge is 2.39. The lowest BCUT2D eigenvalue weighted by atomic mass is 10.0. The smallest absolute Gasteiger partial charge is 0.169 e. The molecule has 0 aromatic heterocycles. The molecule has 0 spiro atoms. The summed E-state index contributed by atoms with van der Waals surface area (Å²) in [6, 6.07) is 11.8. The van der Waals surface area contributed by atoms with E-state index in [1.54, 1.807) is 36.4 Å².